The lowest BCUT2D eigenvalue weighted by Crippen LogP contribution is -2.42. The average molecular weight is 456 g/mol. The first-order valence-electron chi connectivity index (χ1n) is 9.90. The maximum Gasteiger partial charge on any atom is 0.338 e. The van der Waals surface area contributed by atoms with Crippen LogP contribution < -0.4 is 10.1 Å². The first-order valence-corrected chi connectivity index (χ1v) is 11.5. The van der Waals surface area contributed by atoms with Gasteiger partial charge in [0.1, 0.15) is 17.5 Å². The van der Waals surface area contributed by atoms with E-state index in [-0.39, 0.29) is 5.75 Å². The molecule has 30 heavy (non-hydrogen) atoms. The van der Waals surface area contributed by atoms with Gasteiger partial charge in [-0.15, -0.1) is 0 Å². The fourth-order valence-electron chi connectivity index (χ4n) is 3.27. The van der Waals surface area contributed by atoms with Gasteiger partial charge in [-0.05, 0) is 26.2 Å². The summed E-state index contributed by atoms with van der Waals surface area (Å²) in [5.74, 6) is 0.168. The third kappa shape index (κ3) is 6.50. The highest BCUT2D eigenvalue weighted by Gasteiger charge is 2.25. The van der Waals surface area contributed by atoms with Crippen LogP contribution in [0.2, 0.25) is 0 Å². The number of nitrogens with one attached hydrogen (secondary N) is 1. The van der Waals surface area contributed by atoms with E-state index in [1.165, 1.54) is 32.0 Å². The minimum absolute atomic E-state index is 0.0453. The SMILES string of the molecule is COC(=O)[C@@H]1CSCc2c(O)cc(OC)c(C)c2C(=O)OCCCCCCC(=S)N1. The van der Waals surface area contributed by atoms with Crippen molar-refractivity contribution in [2.24, 2.45) is 0 Å². The largest absolute Gasteiger partial charge is 0.507 e. The Balaban J connectivity index is 2.32. The molecule has 0 spiro atoms. The summed E-state index contributed by atoms with van der Waals surface area (Å²) in [6, 6.07) is 0.892. The number of cyclic esters (lactones) is 1. The van der Waals surface area contributed by atoms with Gasteiger partial charge in [0.25, 0.3) is 0 Å². The predicted octanol–water partition coefficient (Wildman–Crippen LogP) is 3.52. The summed E-state index contributed by atoms with van der Waals surface area (Å²) >= 11 is 6.77. The van der Waals surface area contributed by atoms with Crippen LogP contribution in [0.4, 0.5) is 0 Å². The second kappa shape index (κ2) is 12.0. The van der Waals surface area contributed by atoms with E-state index >= 15 is 0 Å². The number of ether oxygens (including phenoxy) is 3. The zero-order valence-corrected chi connectivity index (χ0v) is 19.2. The molecule has 1 heterocycles. The lowest BCUT2D eigenvalue weighted by Gasteiger charge is -2.20. The number of phenols is 1. The first-order chi connectivity index (χ1) is 14.4. The Hall–Kier alpha value is -2.00. The van der Waals surface area contributed by atoms with Crippen molar-refractivity contribution in [3.63, 3.8) is 0 Å². The van der Waals surface area contributed by atoms with Crippen molar-refractivity contribution in [1.29, 1.82) is 0 Å². The number of carbonyl (C=O) groups is 2. The van der Waals surface area contributed by atoms with Gasteiger partial charge in [-0.1, -0.05) is 25.1 Å². The van der Waals surface area contributed by atoms with E-state index in [2.05, 4.69) is 5.32 Å². The van der Waals surface area contributed by atoms with Gasteiger partial charge in [0.2, 0.25) is 0 Å². The van der Waals surface area contributed by atoms with Crippen molar-refractivity contribution >= 4 is 40.9 Å². The molecule has 2 N–H and O–H groups in total. The molecule has 2 rings (SSSR count). The second-order valence-electron chi connectivity index (χ2n) is 7.04. The molecule has 0 saturated heterocycles. The van der Waals surface area contributed by atoms with Crippen molar-refractivity contribution in [3.05, 3.63) is 22.8 Å². The summed E-state index contributed by atoms with van der Waals surface area (Å²) in [6.07, 6.45) is 4.18. The van der Waals surface area contributed by atoms with E-state index in [1.54, 1.807) is 6.92 Å². The summed E-state index contributed by atoms with van der Waals surface area (Å²) < 4.78 is 15.7. The topological polar surface area (TPSA) is 94.1 Å². The van der Waals surface area contributed by atoms with Gasteiger partial charge >= 0.3 is 11.9 Å². The van der Waals surface area contributed by atoms with Crippen LogP contribution in [0.3, 0.4) is 0 Å². The number of thiocarbonyl (C=S) groups is 1. The molecule has 1 aromatic carbocycles. The first kappa shape index (κ1) is 24.3. The van der Waals surface area contributed by atoms with E-state index < -0.39 is 18.0 Å². The Morgan fingerprint density at radius 3 is 2.73 bits per heavy atom. The molecule has 0 saturated carbocycles. The molecular formula is C21H29NO6S2. The number of hydrogen-bond acceptors (Lipinski definition) is 8. The molecule has 9 heteroatoms. The maximum absolute atomic E-state index is 12.8. The Kier molecular flexibility index (Phi) is 9.71. The fourth-order valence-corrected chi connectivity index (χ4v) is 4.62. The molecule has 1 atom stereocenters. The molecule has 1 aliphatic rings. The summed E-state index contributed by atoms with van der Waals surface area (Å²) in [4.78, 5) is 25.6. The summed E-state index contributed by atoms with van der Waals surface area (Å²) in [5, 5.41) is 13.6. The monoisotopic (exact) mass is 455 g/mol. The van der Waals surface area contributed by atoms with Crippen LogP contribution in [-0.2, 0) is 20.0 Å². The highest BCUT2D eigenvalue weighted by molar-refractivity contribution is 7.98. The van der Waals surface area contributed by atoms with Crippen LogP contribution in [0.15, 0.2) is 6.07 Å². The van der Waals surface area contributed by atoms with Crippen molar-refractivity contribution in [1.82, 2.24) is 5.32 Å². The third-order valence-electron chi connectivity index (χ3n) is 4.93. The van der Waals surface area contributed by atoms with Crippen LogP contribution in [-0.4, -0.2) is 54.7 Å². The van der Waals surface area contributed by atoms with Crippen LogP contribution in [0.25, 0.3) is 0 Å². The Bertz CT molecular complexity index is 783. The molecular weight excluding hydrogens is 426 g/mol. The number of thioether (sulfide) groups is 1. The van der Waals surface area contributed by atoms with Gasteiger partial charge in [0.15, 0.2) is 0 Å². The molecule has 0 unspecified atom stereocenters. The van der Waals surface area contributed by atoms with Gasteiger partial charge in [-0.3, -0.25) is 0 Å². The van der Waals surface area contributed by atoms with Gasteiger partial charge in [0, 0.05) is 28.7 Å². The molecule has 7 nitrogen and oxygen atoms in total. The third-order valence-corrected chi connectivity index (χ3v) is 6.31. The van der Waals surface area contributed by atoms with Crippen molar-refractivity contribution < 1.29 is 28.9 Å². The molecule has 0 bridgehead atoms. The number of esters is 2. The van der Waals surface area contributed by atoms with Gasteiger partial charge in [-0.25, -0.2) is 9.59 Å². The van der Waals surface area contributed by atoms with E-state index in [0.717, 1.165) is 25.7 Å². The summed E-state index contributed by atoms with van der Waals surface area (Å²) in [7, 11) is 2.82. The molecule has 0 radical (unpaired) electrons. The Labute approximate surface area is 186 Å². The smallest absolute Gasteiger partial charge is 0.338 e. The molecule has 0 aromatic heterocycles. The maximum atomic E-state index is 12.8. The molecule has 166 valence electrons. The second-order valence-corrected chi connectivity index (χ2v) is 8.56. The number of aromatic hydroxyl groups is 1. The minimum Gasteiger partial charge on any atom is -0.507 e. The predicted molar refractivity (Wildman–Crippen MR) is 120 cm³/mol. The minimum atomic E-state index is -0.600. The summed E-state index contributed by atoms with van der Waals surface area (Å²) in [6.45, 7) is 2.08. The van der Waals surface area contributed by atoms with E-state index in [1.807, 2.05) is 0 Å². The number of benzene rings is 1. The van der Waals surface area contributed by atoms with Crippen LogP contribution in [0.1, 0.15) is 53.6 Å². The normalized spacial score (nSPS) is 19.2. The highest BCUT2D eigenvalue weighted by Crippen LogP contribution is 2.35. The van der Waals surface area contributed by atoms with E-state index in [4.69, 9.17) is 26.4 Å². The van der Waals surface area contributed by atoms with Crippen molar-refractivity contribution in [3.8, 4) is 11.5 Å². The quantitative estimate of drug-likeness (QED) is 0.513. The lowest BCUT2D eigenvalue weighted by molar-refractivity contribution is -0.142. The average Bonchev–Trinajstić information content (AvgIpc) is 2.72. The molecule has 0 fully saturated rings. The molecule has 1 aromatic rings. The molecule has 0 amide bonds. The Morgan fingerprint density at radius 2 is 2.03 bits per heavy atom. The number of rotatable bonds is 2. The van der Waals surface area contributed by atoms with Gasteiger partial charge < -0.3 is 24.6 Å². The number of hydrogen-bond donors (Lipinski definition) is 2. The number of carbonyl (C=O) groups excluding carboxylic acids is 2. The highest BCUT2D eigenvalue weighted by atomic mass is 32.2. The molecule has 0 aliphatic carbocycles. The standard InChI is InChI=1S/C21H29NO6S2/c1-13-17(26-2)10-16(23)14-11-30-12-15(20(24)27-3)22-18(29)8-6-4-5-7-9-28-21(25)19(13)14/h10,15,23H,4-9,11-12H2,1-3H3,(H,22,29)/t15-/m0/s1. The van der Waals surface area contributed by atoms with Crippen LogP contribution in [0.5, 0.6) is 11.5 Å². The summed E-state index contributed by atoms with van der Waals surface area (Å²) in [5.41, 5.74) is 1.38. The lowest BCUT2D eigenvalue weighted by atomic mass is 10.0. The fraction of sp³-hybridized carbons (Fsp3) is 0.571. The number of fused-ring (bicyclic) bond motifs is 1. The van der Waals surface area contributed by atoms with Gasteiger partial charge in [0.05, 0.1) is 31.4 Å². The van der Waals surface area contributed by atoms with Crippen molar-refractivity contribution in [2.75, 3.05) is 26.6 Å². The van der Waals surface area contributed by atoms with E-state index in [9.17, 15) is 14.7 Å². The number of phenolic OH excluding ortho intramolecular Hbond substituents is 1. The van der Waals surface area contributed by atoms with Crippen LogP contribution in [0, 0.1) is 6.92 Å². The van der Waals surface area contributed by atoms with Crippen LogP contribution >= 0.6 is 24.0 Å². The zero-order chi connectivity index (χ0) is 22.1. The zero-order valence-electron chi connectivity index (χ0n) is 17.6. The Morgan fingerprint density at radius 1 is 1.30 bits per heavy atom. The van der Waals surface area contributed by atoms with Crippen molar-refractivity contribution in [2.45, 2.75) is 50.8 Å². The van der Waals surface area contributed by atoms with Gasteiger partial charge in [-0.2, -0.15) is 11.8 Å². The molecule has 1 aliphatic heterocycles. The van der Waals surface area contributed by atoms with E-state index in [0.29, 0.717) is 52.0 Å². The number of methoxy groups -OCH3 is 2.